The molecule has 3 aliphatic heterocycles. The van der Waals surface area contributed by atoms with Crippen molar-refractivity contribution in [1.29, 1.82) is 0 Å². The van der Waals surface area contributed by atoms with Crippen LogP contribution >= 0.6 is 47.3 Å². The number of aliphatic hydroxyl groups is 2. The van der Waals surface area contributed by atoms with Gasteiger partial charge in [-0.05, 0) is 162 Å². The monoisotopic (exact) mass is 1470 g/mol. The third kappa shape index (κ3) is 23.9. The highest BCUT2D eigenvalue weighted by molar-refractivity contribution is 9.69. The summed E-state index contributed by atoms with van der Waals surface area (Å²) in [6, 6.07) is 24.2. The molecule has 22 nitrogen and oxygen atoms in total. The summed E-state index contributed by atoms with van der Waals surface area (Å²) in [7, 11) is 0. The van der Waals surface area contributed by atoms with Crippen molar-refractivity contribution in [2.24, 2.45) is 0 Å². The van der Waals surface area contributed by atoms with Crippen molar-refractivity contribution in [2.45, 2.75) is 109 Å². The van der Waals surface area contributed by atoms with Gasteiger partial charge in [0.05, 0.1) is 54.6 Å². The zero-order valence-electron chi connectivity index (χ0n) is 52.3. The van der Waals surface area contributed by atoms with Gasteiger partial charge in [0.25, 0.3) is 17.7 Å². The molecule has 6 heterocycles. The van der Waals surface area contributed by atoms with Crippen LogP contribution in [-0.2, 0) is 28.7 Å². The molecular formula is C67H82BBr3N6O16. The highest BCUT2D eigenvalue weighted by atomic mass is 79.9. The molecular weight excluding hydrogens is 1400 g/mol. The van der Waals surface area contributed by atoms with Gasteiger partial charge in [0.15, 0.2) is 18.9 Å². The lowest BCUT2D eigenvalue weighted by atomic mass is 10.0. The van der Waals surface area contributed by atoms with Crippen LogP contribution in [0.15, 0.2) is 110 Å². The van der Waals surface area contributed by atoms with Crippen LogP contribution in [0.4, 0.5) is 0 Å². The third-order valence-electron chi connectivity index (χ3n) is 15.3. The fourth-order valence-electron chi connectivity index (χ4n) is 10.6. The third-order valence-corrected chi connectivity index (χ3v) is 15.3. The second-order valence-corrected chi connectivity index (χ2v) is 27.8. The molecule has 3 saturated heterocycles. The van der Waals surface area contributed by atoms with E-state index in [4.69, 9.17) is 29.2 Å². The van der Waals surface area contributed by atoms with Gasteiger partial charge in [0.1, 0.15) is 64.8 Å². The quantitative estimate of drug-likeness (QED) is 0.0197. The van der Waals surface area contributed by atoms with Crippen molar-refractivity contribution in [1.82, 2.24) is 29.7 Å². The Hall–Kier alpha value is -7.33. The number of phenolic OH excluding ortho intramolecular Hbond substituents is 4. The number of nitrogens with zero attached hydrogens (tertiary/aromatic N) is 6. The average molecular weight is 1480 g/mol. The lowest BCUT2D eigenvalue weighted by Crippen LogP contribution is -2.47. The topological polar surface area (TPSA) is 309 Å². The molecule has 3 amide bonds. The second-order valence-electron chi connectivity index (χ2n) is 21.3. The van der Waals surface area contributed by atoms with Gasteiger partial charge < -0.3 is 64.3 Å². The van der Waals surface area contributed by atoms with Gasteiger partial charge in [0, 0.05) is 58.0 Å². The first-order chi connectivity index (χ1) is 45.1. The maximum absolute atomic E-state index is 13.3. The summed E-state index contributed by atoms with van der Waals surface area (Å²) >= 11 is 9.31. The zero-order chi connectivity index (χ0) is 67.5. The Kier molecular flexibility index (Phi) is 34.6. The predicted octanol–water partition coefficient (Wildman–Crippen LogP) is 10.2. The molecule has 93 heavy (non-hydrogen) atoms. The van der Waals surface area contributed by atoms with Gasteiger partial charge in [-0.3, -0.25) is 43.7 Å². The number of aliphatic hydroxyl groups excluding tert-OH is 2. The fourth-order valence-corrected chi connectivity index (χ4v) is 10.6. The van der Waals surface area contributed by atoms with E-state index >= 15 is 0 Å². The van der Waals surface area contributed by atoms with Gasteiger partial charge in [0.2, 0.25) is 0 Å². The molecule has 6 N–H and O–H groups in total. The van der Waals surface area contributed by atoms with E-state index in [1.807, 2.05) is 43.0 Å². The minimum atomic E-state index is -0.199. The summed E-state index contributed by atoms with van der Waals surface area (Å²) in [5.74, 6) is -0.390. The lowest BCUT2D eigenvalue weighted by molar-refractivity contribution is 0.0494. The number of amides is 3. The first-order valence-corrected chi connectivity index (χ1v) is 33.6. The summed E-state index contributed by atoms with van der Waals surface area (Å²) in [6.07, 6.45) is 16.4. The Labute approximate surface area is 567 Å². The number of pyridine rings is 3. The number of piperidine rings is 3. The molecule has 0 radical (unpaired) electrons. The Morgan fingerprint density at radius 3 is 1.16 bits per heavy atom. The number of carbonyl (C=O) groups excluding carboxylic acids is 6. The Morgan fingerprint density at radius 2 is 0.828 bits per heavy atom. The van der Waals surface area contributed by atoms with E-state index < -0.39 is 0 Å². The molecule has 0 spiro atoms. The van der Waals surface area contributed by atoms with Crippen molar-refractivity contribution < 1.29 is 78.4 Å². The molecule has 3 aliphatic rings. The summed E-state index contributed by atoms with van der Waals surface area (Å²) in [6.45, 7) is 8.70. The molecule has 0 unspecified atom stereocenters. The number of aldehydes is 3. The maximum Gasteiger partial charge on any atom is 0.369 e. The highest BCUT2D eigenvalue weighted by Crippen LogP contribution is 2.30. The number of aromatic hydroxyl groups is 4. The van der Waals surface area contributed by atoms with E-state index in [-0.39, 0.29) is 105 Å². The minimum absolute atomic E-state index is 0.0207. The molecule has 500 valence electrons. The van der Waals surface area contributed by atoms with Crippen LogP contribution in [-0.4, -0.2) is 191 Å². The van der Waals surface area contributed by atoms with Crippen molar-refractivity contribution in [3.8, 4) is 34.5 Å². The van der Waals surface area contributed by atoms with Crippen molar-refractivity contribution in [3.63, 3.8) is 0 Å². The van der Waals surface area contributed by atoms with Crippen LogP contribution in [0.25, 0.3) is 0 Å². The van der Waals surface area contributed by atoms with Gasteiger partial charge in [-0.25, -0.2) is 0 Å². The molecule has 3 aromatic heterocycles. The number of aromatic nitrogens is 3. The number of hydrogen-bond acceptors (Lipinski definition) is 19. The van der Waals surface area contributed by atoms with E-state index in [1.54, 1.807) is 64.8 Å². The Bertz CT molecular complexity index is 3290. The van der Waals surface area contributed by atoms with Crippen LogP contribution in [0.2, 0.25) is 0 Å². The van der Waals surface area contributed by atoms with E-state index in [0.717, 1.165) is 74.5 Å². The number of phenols is 4. The summed E-state index contributed by atoms with van der Waals surface area (Å²) in [4.78, 5) is 90.0. The Morgan fingerprint density at radius 1 is 0.495 bits per heavy atom. The SMILES string of the molecule is BrB(Br)Br.CCOCCc1cccnc1C(=O)N1CCCC[C@H]1CO.CCOCCc1cccnc1C(=O)N1CCCC[C@H]1COc1cccc(O)c1C=O.O=Cc1c(O)cccc1O.O=Cc1c(O)cccc1OC[C@@H]1CCCCN1C(=O)c1ncccc1CCO. The Balaban J connectivity index is 0.000000231. The van der Waals surface area contributed by atoms with Gasteiger partial charge in [-0.15, -0.1) is 47.3 Å². The molecule has 3 aromatic carbocycles. The van der Waals surface area contributed by atoms with Crippen molar-refractivity contribution >= 4 is 87.0 Å². The van der Waals surface area contributed by atoms with Crippen LogP contribution in [0.5, 0.6) is 34.5 Å². The predicted molar refractivity (Wildman–Crippen MR) is 363 cm³/mol. The summed E-state index contributed by atoms with van der Waals surface area (Å²) < 4.78 is 22.7. The maximum atomic E-state index is 13.3. The van der Waals surface area contributed by atoms with Crippen LogP contribution < -0.4 is 9.47 Å². The van der Waals surface area contributed by atoms with Gasteiger partial charge in [-0.1, -0.05) is 36.4 Å². The van der Waals surface area contributed by atoms with E-state index in [9.17, 15) is 49.2 Å². The molecule has 3 atom stereocenters. The largest absolute Gasteiger partial charge is 0.507 e. The van der Waals surface area contributed by atoms with E-state index in [2.05, 4.69) is 62.2 Å². The second kappa shape index (κ2) is 42.1. The molecule has 3 fully saturated rings. The van der Waals surface area contributed by atoms with Crippen molar-refractivity contribution in [2.75, 3.05) is 72.5 Å². The summed E-state index contributed by atoms with van der Waals surface area (Å²) in [5, 5.41) is 56.2. The van der Waals surface area contributed by atoms with Crippen LogP contribution in [0.3, 0.4) is 0 Å². The smallest absolute Gasteiger partial charge is 0.369 e. The zero-order valence-corrected chi connectivity index (χ0v) is 57.0. The van der Waals surface area contributed by atoms with Crippen LogP contribution in [0, 0.1) is 0 Å². The number of hydrogen-bond donors (Lipinski definition) is 6. The van der Waals surface area contributed by atoms with Gasteiger partial charge in [-0.2, -0.15) is 0 Å². The first kappa shape index (κ1) is 76.4. The number of carbonyl (C=O) groups is 6. The molecule has 0 aliphatic carbocycles. The molecule has 0 saturated carbocycles. The number of ether oxygens (including phenoxy) is 4. The number of benzene rings is 3. The van der Waals surface area contributed by atoms with Crippen LogP contribution in [0.1, 0.15) is 151 Å². The molecule has 9 rings (SSSR count). The average Bonchev–Trinajstić information content (AvgIpc) is 1.77. The number of likely N-dealkylation sites (tertiary alicyclic amines) is 3. The van der Waals surface area contributed by atoms with E-state index in [1.165, 1.54) is 30.3 Å². The number of halogens is 3. The number of rotatable bonds is 23. The van der Waals surface area contributed by atoms with Gasteiger partial charge >= 0.3 is 3.18 Å². The minimum Gasteiger partial charge on any atom is -0.507 e. The molecule has 26 heteroatoms. The van der Waals surface area contributed by atoms with Crippen molar-refractivity contribution in [3.05, 3.63) is 160 Å². The fraction of sp³-hybridized carbons (Fsp3) is 0.418. The summed E-state index contributed by atoms with van der Waals surface area (Å²) in [5.41, 5.74) is 3.97. The molecule has 6 aromatic rings. The molecule has 0 bridgehead atoms. The normalized spacial score (nSPS) is 15.8. The standard InChI is InChI=1S/C23H28N2O5.C21H24N2O5.C16H24N2O3.C7H6O3.BBr3/c1-2-29-14-11-17-7-6-12-24-22(17)23(28)25-13-4-3-8-18(25)16-30-21-10-5-9-20(27)19(21)15-26;24-12-9-15-5-4-10-22-20(15)21(27)23-11-2-1-6-16(23)14-28-19-8-3-7-18(26)17(19)13-25;1-2-21-11-8-13-6-5-9-17-15(13)16(20)18-10-4-3-7-14(18)12-19;8-4-5-6(9)2-1-3-7(5)10;2-1(3)4/h5-7,9-10,12,15,18,27H,2-4,8,11,13-14,16H2,1H3;3-5,7-8,10,13,16,24,26H,1-2,6,9,11-12,14H2;5-6,9,14,19H,2-4,7-8,10-12H2,1H3;1-4,9-10H;/t18-;16-;14-;;/m000../s1. The lowest BCUT2D eigenvalue weighted by Gasteiger charge is -2.35. The van der Waals surface area contributed by atoms with E-state index in [0.29, 0.717) is 113 Å². The first-order valence-electron chi connectivity index (χ1n) is 30.9. The highest BCUT2D eigenvalue weighted by Gasteiger charge is 2.33.